The van der Waals surface area contributed by atoms with Gasteiger partial charge in [-0.2, -0.15) is 12.6 Å². The second-order valence-corrected chi connectivity index (χ2v) is 8.67. The molecule has 0 aromatic carbocycles. The molecule has 0 aliphatic heterocycles. The van der Waals surface area contributed by atoms with Crippen molar-refractivity contribution in [2.24, 2.45) is 22.7 Å². The van der Waals surface area contributed by atoms with Gasteiger partial charge in [0.15, 0.2) is 0 Å². The van der Waals surface area contributed by atoms with Gasteiger partial charge in [0, 0.05) is 4.75 Å². The van der Waals surface area contributed by atoms with E-state index in [1.165, 1.54) is 25.7 Å². The summed E-state index contributed by atoms with van der Waals surface area (Å²) in [5, 5.41) is 0. The monoisotopic (exact) mass is 256 g/mol. The molecule has 0 saturated heterocycles. The van der Waals surface area contributed by atoms with E-state index in [2.05, 4.69) is 48.5 Å². The Bertz CT molecular complexity index is 265. The van der Waals surface area contributed by atoms with Crippen LogP contribution < -0.4 is 0 Å². The quantitative estimate of drug-likeness (QED) is 0.627. The highest BCUT2D eigenvalue weighted by Gasteiger charge is 2.53. The van der Waals surface area contributed by atoms with Gasteiger partial charge in [-0.1, -0.05) is 61.3 Å². The van der Waals surface area contributed by atoms with E-state index >= 15 is 0 Å². The van der Waals surface area contributed by atoms with Crippen molar-refractivity contribution in [1.82, 2.24) is 0 Å². The third-order valence-electron chi connectivity index (χ3n) is 5.83. The predicted molar refractivity (Wildman–Crippen MR) is 81.7 cm³/mol. The lowest BCUT2D eigenvalue weighted by Gasteiger charge is -2.58. The molecule has 1 saturated carbocycles. The topological polar surface area (TPSA) is 0 Å². The van der Waals surface area contributed by atoms with Crippen LogP contribution in [0.2, 0.25) is 0 Å². The molecule has 102 valence electrons. The predicted octanol–water partition coefficient (Wildman–Crippen LogP) is 5.57. The van der Waals surface area contributed by atoms with Gasteiger partial charge in [-0.25, -0.2) is 0 Å². The molecule has 0 N–H and O–H groups in total. The summed E-state index contributed by atoms with van der Waals surface area (Å²) in [5.74, 6) is 1.62. The second kappa shape index (κ2) is 4.79. The molecule has 1 fully saturated rings. The minimum atomic E-state index is 0.163. The lowest BCUT2D eigenvalue weighted by atomic mass is 9.51. The van der Waals surface area contributed by atoms with Crippen LogP contribution in [0, 0.1) is 22.7 Å². The summed E-state index contributed by atoms with van der Waals surface area (Å²) in [4.78, 5) is 0. The Kier molecular flexibility index (Phi) is 4.34. The van der Waals surface area contributed by atoms with Crippen LogP contribution in [-0.4, -0.2) is 4.75 Å². The van der Waals surface area contributed by atoms with Gasteiger partial charge in [0.25, 0.3) is 0 Å². The molecule has 0 nitrogen and oxygen atoms in total. The van der Waals surface area contributed by atoms with E-state index in [1.807, 2.05) is 0 Å². The lowest BCUT2D eigenvalue weighted by molar-refractivity contribution is -0.0235. The summed E-state index contributed by atoms with van der Waals surface area (Å²) in [6.45, 7) is 16.8. The summed E-state index contributed by atoms with van der Waals surface area (Å²) >= 11 is 5.02. The molecule has 1 aliphatic carbocycles. The van der Waals surface area contributed by atoms with Crippen molar-refractivity contribution >= 4 is 12.6 Å². The second-order valence-electron chi connectivity index (χ2n) is 7.68. The smallest absolute Gasteiger partial charge is 0.0158 e. The standard InChI is InChI=1S/C16H32S/c1-8-9-13-10-14(4,5)16(7,17)11-15(13,6)12(2)3/h12-13,17H,8-11H2,1-7H3. The molecule has 0 aromatic rings. The molecule has 0 bridgehead atoms. The molecule has 0 aromatic heterocycles. The summed E-state index contributed by atoms with van der Waals surface area (Å²) in [6.07, 6.45) is 5.27. The van der Waals surface area contributed by atoms with Crippen molar-refractivity contribution in [1.29, 1.82) is 0 Å². The molecule has 0 heterocycles. The van der Waals surface area contributed by atoms with Crippen LogP contribution in [0.3, 0.4) is 0 Å². The molecular formula is C16H32S. The first-order valence-electron chi connectivity index (χ1n) is 7.29. The van der Waals surface area contributed by atoms with Crippen LogP contribution >= 0.6 is 12.6 Å². The van der Waals surface area contributed by atoms with E-state index in [-0.39, 0.29) is 4.75 Å². The fraction of sp³-hybridized carbons (Fsp3) is 1.00. The molecule has 3 atom stereocenters. The Hall–Kier alpha value is 0.350. The molecule has 17 heavy (non-hydrogen) atoms. The molecule has 0 amide bonds. The maximum Gasteiger partial charge on any atom is 0.0158 e. The summed E-state index contributed by atoms with van der Waals surface area (Å²) in [5.41, 5.74) is 0.812. The van der Waals surface area contributed by atoms with Gasteiger partial charge in [0.1, 0.15) is 0 Å². The van der Waals surface area contributed by atoms with Crippen LogP contribution in [0.15, 0.2) is 0 Å². The van der Waals surface area contributed by atoms with Gasteiger partial charge >= 0.3 is 0 Å². The fourth-order valence-corrected chi connectivity index (χ4v) is 4.08. The maximum absolute atomic E-state index is 5.02. The largest absolute Gasteiger partial charge is 0.172 e. The van der Waals surface area contributed by atoms with Crippen molar-refractivity contribution in [3.05, 3.63) is 0 Å². The van der Waals surface area contributed by atoms with E-state index in [4.69, 9.17) is 12.6 Å². The Morgan fingerprint density at radius 1 is 1.18 bits per heavy atom. The third kappa shape index (κ3) is 2.69. The average molecular weight is 256 g/mol. The van der Waals surface area contributed by atoms with Crippen molar-refractivity contribution in [3.63, 3.8) is 0 Å². The Morgan fingerprint density at radius 3 is 2.12 bits per heavy atom. The zero-order chi connectivity index (χ0) is 13.5. The zero-order valence-electron chi connectivity index (χ0n) is 12.9. The highest BCUT2D eigenvalue weighted by Crippen LogP contribution is 2.60. The van der Waals surface area contributed by atoms with Crippen molar-refractivity contribution in [2.45, 2.75) is 78.9 Å². The minimum Gasteiger partial charge on any atom is -0.172 e. The van der Waals surface area contributed by atoms with Gasteiger partial charge in [-0.15, -0.1) is 0 Å². The van der Waals surface area contributed by atoms with Crippen molar-refractivity contribution in [3.8, 4) is 0 Å². The summed E-state index contributed by atoms with van der Waals surface area (Å²) < 4.78 is 0.163. The number of thiol groups is 1. The first-order chi connectivity index (χ1) is 7.57. The van der Waals surface area contributed by atoms with Crippen LogP contribution in [0.4, 0.5) is 0 Å². The fourth-order valence-electron chi connectivity index (χ4n) is 3.65. The molecule has 1 aliphatic rings. The van der Waals surface area contributed by atoms with Crippen LogP contribution in [0.5, 0.6) is 0 Å². The lowest BCUT2D eigenvalue weighted by Crippen LogP contribution is -2.52. The van der Waals surface area contributed by atoms with E-state index < -0.39 is 0 Å². The van der Waals surface area contributed by atoms with Crippen molar-refractivity contribution in [2.75, 3.05) is 0 Å². The maximum atomic E-state index is 5.02. The van der Waals surface area contributed by atoms with Crippen LogP contribution in [-0.2, 0) is 0 Å². The SMILES string of the molecule is CCCC1CC(C)(C)C(C)(S)CC1(C)C(C)C. The van der Waals surface area contributed by atoms with Gasteiger partial charge in [-0.05, 0) is 35.5 Å². The van der Waals surface area contributed by atoms with Gasteiger partial charge in [0.2, 0.25) is 0 Å². The number of hydrogen-bond acceptors (Lipinski definition) is 1. The molecule has 0 spiro atoms. The number of hydrogen-bond donors (Lipinski definition) is 1. The summed E-state index contributed by atoms with van der Waals surface area (Å²) in [6, 6.07) is 0. The van der Waals surface area contributed by atoms with Gasteiger partial charge in [0.05, 0.1) is 0 Å². The normalized spacial score (nSPS) is 41.8. The molecule has 0 radical (unpaired) electrons. The highest BCUT2D eigenvalue weighted by molar-refractivity contribution is 7.81. The third-order valence-corrected chi connectivity index (χ3v) is 6.59. The minimum absolute atomic E-state index is 0.163. The highest BCUT2D eigenvalue weighted by atomic mass is 32.1. The van der Waals surface area contributed by atoms with Crippen LogP contribution in [0.25, 0.3) is 0 Å². The van der Waals surface area contributed by atoms with E-state index in [0.717, 1.165) is 11.8 Å². The first kappa shape index (κ1) is 15.4. The van der Waals surface area contributed by atoms with Gasteiger partial charge < -0.3 is 0 Å². The number of rotatable bonds is 3. The molecule has 1 heteroatoms. The summed E-state index contributed by atoms with van der Waals surface area (Å²) in [7, 11) is 0. The Morgan fingerprint density at radius 2 is 1.71 bits per heavy atom. The van der Waals surface area contributed by atoms with E-state index in [0.29, 0.717) is 10.8 Å². The zero-order valence-corrected chi connectivity index (χ0v) is 13.8. The van der Waals surface area contributed by atoms with Crippen molar-refractivity contribution < 1.29 is 0 Å². The molecular weight excluding hydrogens is 224 g/mol. The molecule has 1 rings (SSSR count). The average Bonchev–Trinajstić information content (AvgIpc) is 2.13. The van der Waals surface area contributed by atoms with Crippen LogP contribution in [0.1, 0.15) is 74.1 Å². The van der Waals surface area contributed by atoms with E-state index in [9.17, 15) is 0 Å². The Balaban J connectivity index is 3.05. The Labute approximate surface area is 114 Å². The first-order valence-corrected chi connectivity index (χ1v) is 7.74. The molecule has 3 unspecified atom stereocenters. The van der Waals surface area contributed by atoms with Gasteiger partial charge in [-0.3, -0.25) is 0 Å². The van der Waals surface area contributed by atoms with E-state index in [1.54, 1.807) is 0 Å².